The number of carbonyl (C=O) groups excluding carboxylic acids is 1. The van der Waals surface area contributed by atoms with Crippen LogP contribution in [0.5, 0.6) is 17.2 Å². The number of rotatable bonds is 9. The average Bonchev–Trinajstić information content (AvgIpc) is 2.90. The third-order valence-corrected chi connectivity index (χ3v) is 6.87. The highest BCUT2D eigenvalue weighted by atomic mass is 16.5. The van der Waals surface area contributed by atoms with Crippen molar-refractivity contribution in [3.63, 3.8) is 0 Å². The zero-order valence-corrected chi connectivity index (χ0v) is 20.8. The molecule has 0 atom stereocenters. The van der Waals surface area contributed by atoms with Gasteiger partial charge in [0.2, 0.25) is 5.91 Å². The maximum atomic E-state index is 13.6. The molecule has 0 spiro atoms. The van der Waals surface area contributed by atoms with Crippen LogP contribution in [-0.2, 0) is 17.8 Å². The Morgan fingerprint density at radius 3 is 2.43 bits per heavy atom. The van der Waals surface area contributed by atoms with Gasteiger partial charge in [-0.15, -0.1) is 0 Å². The van der Waals surface area contributed by atoms with Gasteiger partial charge >= 0.3 is 0 Å². The lowest BCUT2D eigenvalue weighted by molar-refractivity contribution is -0.137. The van der Waals surface area contributed by atoms with Gasteiger partial charge in [-0.1, -0.05) is 25.3 Å². The summed E-state index contributed by atoms with van der Waals surface area (Å²) in [7, 11) is 4.84. The maximum Gasteiger partial charge on any atom is 0.253 e. The molecule has 1 N–H and O–H groups in total. The number of ether oxygens (including phenoxy) is 3. The summed E-state index contributed by atoms with van der Waals surface area (Å²) in [5.41, 5.74) is 2.19. The van der Waals surface area contributed by atoms with Crippen molar-refractivity contribution >= 4 is 16.8 Å². The van der Waals surface area contributed by atoms with Crippen LogP contribution in [0.4, 0.5) is 0 Å². The first kappa shape index (κ1) is 24.6. The van der Waals surface area contributed by atoms with Gasteiger partial charge in [0.15, 0.2) is 11.5 Å². The lowest BCUT2D eigenvalue weighted by Crippen LogP contribution is -2.39. The molecule has 7 heteroatoms. The lowest BCUT2D eigenvalue weighted by Gasteiger charge is -2.29. The summed E-state index contributed by atoms with van der Waals surface area (Å²) in [6, 6.07) is 13.2. The van der Waals surface area contributed by atoms with Crippen LogP contribution >= 0.6 is 0 Å². The number of nitrogens with zero attached hydrogens (tertiary/aromatic N) is 1. The molecular formula is C28H34N2O5. The van der Waals surface area contributed by atoms with E-state index in [1.54, 1.807) is 21.3 Å². The van der Waals surface area contributed by atoms with Crippen molar-refractivity contribution in [3.05, 3.63) is 63.9 Å². The second-order valence-corrected chi connectivity index (χ2v) is 9.11. The first-order chi connectivity index (χ1) is 17.0. The summed E-state index contributed by atoms with van der Waals surface area (Å²) in [6.07, 6.45) is 5.82. The Balaban J connectivity index is 1.60. The van der Waals surface area contributed by atoms with Crippen molar-refractivity contribution in [2.24, 2.45) is 5.92 Å². The van der Waals surface area contributed by atoms with Gasteiger partial charge in [-0.3, -0.25) is 9.59 Å². The zero-order chi connectivity index (χ0) is 24.8. The molecule has 1 aromatic heterocycles. The molecule has 1 saturated carbocycles. The number of fused-ring (bicyclic) bond motifs is 1. The predicted octanol–water partition coefficient (Wildman–Crippen LogP) is 4.71. The number of pyridine rings is 1. The molecule has 7 nitrogen and oxygen atoms in total. The van der Waals surface area contributed by atoms with Gasteiger partial charge in [-0.05, 0) is 61.2 Å². The van der Waals surface area contributed by atoms with Gasteiger partial charge in [0.05, 0.1) is 27.9 Å². The quantitative estimate of drug-likeness (QED) is 0.482. The molecule has 0 aliphatic heterocycles. The van der Waals surface area contributed by atoms with Crippen LogP contribution in [0.3, 0.4) is 0 Å². The number of carbonyl (C=O) groups is 1. The summed E-state index contributed by atoms with van der Waals surface area (Å²) in [6.45, 7) is 0.783. The van der Waals surface area contributed by atoms with E-state index in [9.17, 15) is 9.59 Å². The molecule has 0 bridgehead atoms. The van der Waals surface area contributed by atoms with Gasteiger partial charge in [-0.25, -0.2) is 0 Å². The topological polar surface area (TPSA) is 80.9 Å². The van der Waals surface area contributed by atoms with Crippen LogP contribution in [0.15, 0.2) is 47.3 Å². The third kappa shape index (κ3) is 5.78. The minimum Gasteiger partial charge on any atom is -0.497 e. The number of H-pyrrole nitrogens is 1. The monoisotopic (exact) mass is 478 g/mol. The Morgan fingerprint density at radius 1 is 0.943 bits per heavy atom. The lowest BCUT2D eigenvalue weighted by atomic mass is 9.88. The molecule has 186 valence electrons. The molecule has 0 unspecified atom stereocenters. The summed E-state index contributed by atoms with van der Waals surface area (Å²) < 4.78 is 16.1. The molecule has 1 heterocycles. The van der Waals surface area contributed by atoms with Crippen molar-refractivity contribution in [1.29, 1.82) is 0 Å². The van der Waals surface area contributed by atoms with Crippen LogP contribution < -0.4 is 19.8 Å². The van der Waals surface area contributed by atoms with Gasteiger partial charge < -0.3 is 24.1 Å². The van der Waals surface area contributed by atoms with E-state index in [2.05, 4.69) is 4.98 Å². The van der Waals surface area contributed by atoms with E-state index in [0.717, 1.165) is 47.9 Å². The van der Waals surface area contributed by atoms with Gasteiger partial charge in [0, 0.05) is 28.9 Å². The van der Waals surface area contributed by atoms with Crippen LogP contribution in [0, 0.1) is 5.92 Å². The van der Waals surface area contributed by atoms with E-state index >= 15 is 0 Å². The average molecular weight is 479 g/mol. The van der Waals surface area contributed by atoms with Crippen LogP contribution in [-0.4, -0.2) is 43.7 Å². The van der Waals surface area contributed by atoms with E-state index in [1.165, 1.54) is 6.42 Å². The molecule has 2 aromatic carbocycles. The standard InChI is InChI=1S/C28H34N2O5/c1-33-23-10-11-24-21(17-23)16-22(27(31)29-24)18-30(28(32)20-7-5-4-6-8-20)14-13-19-9-12-25(34-2)26(15-19)35-3/h9-12,15-17,20H,4-8,13-14,18H2,1-3H3,(H,29,31). The Morgan fingerprint density at radius 2 is 1.71 bits per heavy atom. The summed E-state index contributed by atoms with van der Waals surface area (Å²) in [5.74, 6) is 2.21. The molecule has 4 rings (SSSR count). The molecule has 35 heavy (non-hydrogen) atoms. The van der Waals surface area contributed by atoms with E-state index in [1.807, 2.05) is 47.4 Å². The Bertz CT molecular complexity index is 1230. The number of aromatic amines is 1. The Labute approximate surface area is 206 Å². The minimum atomic E-state index is -0.171. The number of amides is 1. The van der Waals surface area contributed by atoms with Crippen molar-refractivity contribution in [2.75, 3.05) is 27.9 Å². The predicted molar refractivity (Wildman–Crippen MR) is 136 cm³/mol. The Hall–Kier alpha value is -3.48. The maximum absolute atomic E-state index is 13.6. The zero-order valence-electron chi connectivity index (χ0n) is 20.8. The fraction of sp³-hybridized carbons (Fsp3) is 0.429. The van der Waals surface area contributed by atoms with Crippen molar-refractivity contribution in [3.8, 4) is 17.2 Å². The molecule has 1 fully saturated rings. The van der Waals surface area contributed by atoms with E-state index in [-0.39, 0.29) is 23.9 Å². The molecule has 0 radical (unpaired) electrons. The molecule has 1 amide bonds. The van der Waals surface area contributed by atoms with Crippen molar-refractivity contribution < 1.29 is 19.0 Å². The fourth-order valence-corrected chi connectivity index (χ4v) is 4.86. The number of hydrogen-bond donors (Lipinski definition) is 1. The van der Waals surface area contributed by atoms with E-state index in [0.29, 0.717) is 30.0 Å². The van der Waals surface area contributed by atoms with Gasteiger partial charge in [0.1, 0.15) is 5.75 Å². The first-order valence-corrected chi connectivity index (χ1v) is 12.2. The number of aromatic nitrogens is 1. The number of benzene rings is 2. The first-order valence-electron chi connectivity index (χ1n) is 12.2. The highest BCUT2D eigenvalue weighted by Crippen LogP contribution is 2.29. The number of methoxy groups -OCH3 is 3. The van der Waals surface area contributed by atoms with Gasteiger partial charge in [0.25, 0.3) is 5.56 Å². The number of nitrogens with one attached hydrogen (secondary N) is 1. The minimum absolute atomic E-state index is 0.0220. The normalized spacial score (nSPS) is 14.0. The van der Waals surface area contributed by atoms with Crippen molar-refractivity contribution in [2.45, 2.75) is 45.1 Å². The third-order valence-electron chi connectivity index (χ3n) is 6.87. The smallest absolute Gasteiger partial charge is 0.253 e. The van der Waals surface area contributed by atoms with Crippen LogP contribution in [0.2, 0.25) is 0 Å². The Kier molecular flexibility index (Phi) is 7.95. The van der Waals surface area contributed by atoms with Gasteiger partial charge in [-0.2, -0.15) is 0 Å². The molecular weight excluding hydrogens is 444 g/mol. The number of hydrogen-bond acceptors (Lipinski definition) is 5. The summed E-state index contributed by atoms with van der Waals surface area (Å²) in [4.78, 5) is 31.3. The molecule has 1 aliphatic rings. The summed E-state index contributed by atoms with van der Waals surface area (Å²) in [5, 5.41) is 0.879. The molecule has 1 aliphatic carbocycles. The summed E-state index contributed by atoms with van der Waals surface area (Å²) >= 11 is 0. The largest absolute Gasteiger partial charge is 0.497 e. The van der Waals surface area contributed by atoms with E-state index < -0.39 is 0 Å². The van der Waals surface area contributed by atoms with Crippen LogP contribution in [0.1, 0.15) is 43.2 Å². The van der Waals surface area contributed by atoms with E-state index in [4.69, 9.17) is 14.2 Å². The highest BCUT2D eigenvalue weighted by molar-refractivity contribution is 5.81. The molecule has 3 aromatic rings. The van der Waals surface area contributed by atoms with Crippen molar-refractivity contribution in [1.82, 2.24) is 9.88 Å². The second kappa shape index (κ2) is 11.3. The highest BCUT2D eigenvalue weighted by Gasteiger charge is 2.26. The van der Waals surface area contributed by atoms with Crippen LogP contribution in [0.25, 0.3) is 10.9 Å². The second-order valence-electron chi connectivity index (χ2n) is 9.11. The molecule has 0 saturated heterocycles. The fourth-order valence-electron chi connectivity index (χ4n) is 4.86. The SMILES string of the molecule is COc1ccc2[nH]c(=O)c(CN(CCc3ccc(OC)c(OC)c3)C(=O)C3CCCCC3)cc2c1.